The summed E-state index contributed by atoms with van der Waals surface area (Å²) in [7, 11) is 3.38. The summed E-state index contributed by atoms with van der Waals surface area (Å²) in [5.41, 5.74) is 3.32. The van der Waals surface area contributed by atoms with E-state index in [9.17, 15) is 14.7 Å². The maximum absolute atomic E-state index is 13.3. The number of carbonyl (C=O) groups is 2. The van der Waals surface area contributed by atoms with Crippen LogP contribution in [-0.4, -0.2) is 58.7 Å². The predicted octanol–water partition coefficient (Wildman–Crippen LogP) is 6.47. The van der Waals surface area contributed by atoms with Gasteiger partial charge in [-0.2, -0.15) is 0 Å². The molecule has 1 aliphatic carbocycles. The highest BCUT2D eigenvalue weighted by molar-refractivity contribution is 7.13. The molecule has 8 nitrogen and oxygen atoms in total. The van der Waals surface area contributed by atoms with Gasteiger partial charge in [-0.1, -0.05) is 19.9 Å². The Morgan fingerprint density at radius 1 is 1.20 bits per heavy atom. The molecule has 0 aliphatic heterocycles. The van der Waals surface area contributed by atoms with Gasteiger partial charge in [-0.25, -0.2) is 9.97 Å². The number of hydrogen-bond donors (Lipinski definition) is 1. The van der Waals surface area contributed by atoms with Crippen LogP contribution in [0.5, 0.6) is 11.5 Å². The van der Waals surface area contributed by atoms with Gasteiger partial charge in [-0.05, 0) is 57.1 Å². The smallest absolute Gasteiger partial charge is 0.307 e. The number of pyridine rings is 1. The first kappa shape index (κ1) is 29.5. The van der Waals surface area contributed by atoms with Gasteiger partial charge in [0, 0.05) is 36.0 Å². The lowest BCUT2D eigenvalue weighted by Gasteiger charge is -2.23. The minimum absolute atomic E-state index is 0.137. The molecule has 2 heterocycles. The van der Waals surface area contributed by atoms with Crippen LogP contribution in [0, 0.1) is 18.8 Å². The number of carboxylic acid groups (broad SMARTS) is 1. The number of benzene rings is 1. The van der Waals surface area contributed by atoms with Gasteiger partial charge in [0.1, 0.15) is 28.3 Å². The van der Waals surface area contributed by atoms with Crippen LogP contribution < -0.4 is 9.47 Å². The lowest BCUT2D eigenvalue weighted by atomic mass is 9.95. The van der Waals surface area contributed by atoms with Crippen LogP contribution in [0.3, 0.4) is 0 Å². The number of amides is 1. The molecule has 3 atom stereocenters. The fourth-order valence-corrected chi connectivity index (χ4v) is 6.26. The molecular weight excluding hydrogens is 526 g/mol. The zero-order valence-corrected chi connectivity index (χ0v) is 24.8. The largest absolute Gasteiger partial charge is 0.496 e. The second-order valence-electron chi connectivity index (χ2n) is 10.8. The van der Waals surface area contributed by atoms with Crippen molar-refractivity contribution in [1.82, 2.24) is 14.9 Å². The average Bonchev–Trinajstić information content (AvgIpc) is 3.59. The third kappa shape index (κ3) is 6.30. The molecule has 1 fully saturated rings. The Labute approximate surface area is 240 Å². The van der Waals surface area contributed by atoms with Crippen molar-refractivity contribution in [2.45, 2.75) is 64.9 Å². The molecule has 1 saturated carbocycles. The van der Waals surface area contributed by atoms with Gasteiger partial charge < -0.3 is 19.5 Å². The van der Waals surface area contributed by atoms with E-state index in [4.69, 9.17) is 19.4 Å². The number of carbonyl (C=O) groups excluding carboxylic acids is 1. The zero-order valence-electron chi connectivity index (χ0n) is 24.0. The Morgan fingerprint density at radius 2 is 1.95 bits per heavy atom. The summed E-state index contributed by atoms with van der Waals surface area (Å²) in [6, 6.07) is 5.68. The van der Waals surface area contributed by atoms with E-state index in [1.54, 1.807) is 19.1 Å². The first-order valence-corrected chi connectivity index (χ1v) is 14.7. The van der Waals surface area contributed by atoms with E-state index in [0.29, 0.717) is 30.3 Å². The molecular formula is C31H39N3O5S. The van der Waals surface area contributed by atoms with E-state index >= 15 is 0 Å². The number of aliphatic carboxylic acids is 1. The molecule has 0 saturated heterocycles. The van der Waals surface area contributed by atoms with E-state index in [1.807, 2.05) is 36.6 Å². The number of ether oxygens (including phenoxy) is 2. The summed E-state index contributed by atoms with van der Waals surface area (Å²) in [5, 5.41) is 13.6. The van der Waals surface area contributed by atoms with Crippen LogP contribution in [-0.2, 0) is 9.59 Å². The summed E-state index contributed by atoms with van der Waals surface area (Å²) in [6.45, 7) is 10.5. The molecule has 3 unspecified atom stereocenters. The molecule has 0 radical (unpaired) electrons. The summed E-state index contributed by atoms with van der Waals surface area (Å²) >= 11 is 1.53. The number of carboxylic acids is 1. The Morgan fingerprint density at radius 3 is 2.60 bits per heavy atom. The van der Waals surface area contributed by atoms with E-state index in [1.165, 1.54) is 11.3 Å². The number of aryl methyl sites for hydroxylation is 1. The minimum atomic E-state index is -0.964. The van der Waals surface area contributed by atoms with Crippen molar-refractivity contribution in [3.8, 4) is 22.2 Å². The molecule has 1 amide bonds. The van der Waals surface area contributed by atoms with Gasteiger partial charge in [-0.15, -0.1) is 17.9 Å². The fourth-order valence-electron chi connectivity index (χ4n) is 5.32. The summed E-state index contributed by atoms with van der Waals surface area (Å²) < 4.78 is 12.1. The molecule has 3 aromatic rings. The van der Waals surface area contributed by atoms with Crippen molar-refractivity contribution in [2.24, 2.45) is 11.8 Å². The summed E-state index contributed by atoms with van der Waals surface area (Å²) in [5.74, 6) is -0.907. The highest BCUT2D eigenvalue weighted by Gasteiger charge is 2.45. The monoisotopic (exact) mass is 565 g/mol. The maximum Gasteiger partial charge on any atom is 0.307 e. The quantitative estimate of drug-likeness (QED) is 0.198. The Hall–Kier alpha value is -3.46. The number of methoxy groups -OCH3 is 1. The number of nitrogens with zero attached hydrogens (tertiary/aromatic N) is 3. The van der Waals surface area contributed by atoms with Gasteiger partial charge >= 0.3 is 5.97 Å². The van der Waals surface area contributed by atoms with Gasteiger partial charge in [-0.3, -0.25) is 9.59 Å². The number of allylic oxidation sites excluding steroid dienone is 1. The average molecular weight is 566 g/mol. The van der Waals surface area contributed by atoms with E-state index in [0.717, 1.165) is 52.2 Å². The summed E-state index contributed by atoms with van der Waals surface area (Å²) in [6.07, 6.45) is 4.74. The normalized spacial score (nSPS) is 18.7. The Balaban J connectivity index is 1.64. The highest BCUT2D eigenvalue weighted by atomic mass is 32.1. The summed E-state index contributed by atoms with van der Waals surface area (Å²) in [4.78, 5) is 36.9. The molecule has 0 spiro atoms. The molecule has 9 heteroatoms. The zero-order chi connectivity index (χ0) is 29.0. The SMILES string of the molecule is C=CCCCCN(C)C(=O)C1CC(Oc2cc(-c3nc(C(C)C)cs3)nc3c(C)c(OC)ccc23)CC1C(=O)O. The van der Waals surface area contributed by atoms with Crippen molar-refractivity contribution in [1.29, 1.82) is 0 Å². The third-order valence-electron chi connectivity index (χ3n) is 7.67. The van der Waals surface area contributed by atoms with Crippen LogP contribution in [0.15, 0.2) is 36.2 Å². The lowest BCUT2D eigenvalue weighted by Crippen LogP contribution is -2.37. The topological polar surface area (TPSA) is 102 Å². The van der Waals surface area contributed by atoms with E-state index < -0.39 is 23.9 Å². The predicted molar refractivity (Wildman–Crippen MR) is 158 cm³/mol. The first-order chi connectivity index (χ1) is 19.1. The van der Waals surface area contributed by atoms with Gasteiger partial charge in [0.05, 0.1) is 30.2 Å². The van der Waals surface area contributed by atoms with E-state index in [-0.39, 0.29) is 12.3 Å². The standard InChI is InChI=1S/C31H39N3O5S/c1-7-8-9-10-13-34(5)30(35)22-14-20(15-23(22)31(36)37)39-27-16-24(29-33-25(17-40-29)18(2)3)32-28-19(4)26(38-6)12-11-21(27)28/h7,11-12,16-18,20,22-23H,1,8-10,13-15H2,2-6H3,(H,36,37). The number of thiazole rings is 1. The van der Waals surface area contributed by atoms with Crippen molar-refractivity contribution in [3.63, 3.8) is 0 Å². The molecule has 4 rings (SSSR count). The Kier molecular flexibility index (Phi) is 9.45. The molecule has 2 aromatic heterocycles. The number of hydrogen-bond acceptors (Lipinski definition) is 7. The van der Waals surface area contributed by atoms with E-state index in [2.05, 4.69) is 20.4 Å². The van der Waals surface area contributed by atoms with Crippen LogP contribution in [0.2, 0.25) is 0 Å². The number of aromatic nitrogens is 2. The number of rotatable bonds is 12. The fraction of sp³-hybridized carbons (Fsp3) is 0.484. The number of fused-ring (bicyclic) bond motifs is 1. The highest BCUT2D eigenvalue weighted by Crippen LogP contribution is 2.40. The lowest BCUT2D eigenvalue weighted by molar-refractivity contribution is -0.148. The molecule has 1 aromatic carbocycles. The van der Waals surface area contributed by atoms with Gasteiger partial charge in [0.2, 0.25) is 5.91 Å². The van der Waals surface area contributed by atoms with Crippen LogP contribution in [0.4, 0.5) is 0 Å². The first-order valence-electron chi connectivity index (χ1n) is 13.8. The number of unbranched alkanes of at least 4 members (excludes halogenated alkanes) is 2. The molecule has 1 aliphatic rings. The second-order valence-corrected chi connectivity index (χ2v) is 11.7. The Bertz CT molecular complexity index is 1380. The molecule has 0 bridgehead atoms. The minimum Gasteiger partial charge on any atom is -0.496 e. The van der Waals surface area contributed by atoms with Gasteiger partial charge in [0.25, 0.3) is 0 Å². The second kappa shape index (κ2) is 12.8. The molecule has 214 valence electrons. The molecule has 1 N–H and O–H groups in total. The van der Waals surface area contributed by atoms with Crippen molar-refractivity contribution >= 4 is 34.1 Å². The van der Waals surface area contributed by atoms with Crippen molar-refractivity contribution in [3.05, 3.63) is 47.5 Å². The van der Waals surface area contributed by atoms with Crippen LogP contribution >= 0.6 is 11.3 Å². The van der Waals surface area contributed by atoms with Crippen LogP contribution in [0.25, 0.3) is 21.6 Å². The maximum atomic E-state index is 13.3. The van der Waals surface area contributed by atoms with Gasteiger partial charge in [0.15, 0.2) is 0 Å². The van der Waals surface area contributed by atoms with Crippen LogP contribution in [0.1, 0.15) is 63.1 Å². The van der Waals surface area contributed by atoms with Crippen molar-refractivity contribution < 1.29 is 24.2 Å². The molecule has 40 heavy (non-hydrogen) atoms. The van der Waals surface area contributed by atoms with Crippen molar-refractivity contribution in [2.75, 3.05) is 20.7 Å². The third-order valence-corrected chi connectivity index (χ3v) is 8.56.